The van der Waals surface area contributed by atoms with Gasteiger partial charge in [0.05, 0.1) is 49.6 Å². The van der Waals surface area contributed by atoms with Gasteiger partial charge in [-0.15, -0.1) is 18.3 Å². The Kier molecular flexibility index (Phi) is 19.0. The van der Waals surface area contributed by atoms with Crippen LogP contribution in [0.1, 0.15) is 68.9 Å². The molecule has 6 atom stereocenters. The molecule has 0 saturated heterocycles. The summed E-state index contributed by atoms with van der Waals surface area (Å²) in [5.41, 5.74) is 3.06. The number of nitrogens with zero attached hydrogens (tertiary/aromatic N) is 3. The van der Waals surface area contributed by atoms with E-state index in [0.717, 1.165) is 47.5 Å². The molecule has 3 aromatic carbocycles. The molecule has 0 spiro atoms. The highest BCUT2D eigenvalue weighted by Crippen LogP contribution is 2.62. The number of aliphatic hydroxyl groups is 3. The molecule has 6 rings (SSSR count). The molecule has 0 radical (unpaired) electrons. The van der Waals surface area contributed by atoms with Crippen molar-refractivity contribution < 1.29 is 48.8 Å². The van der Waals surface area contributed by atoms with Crippen molar-refractivity contribution in [1.29, 1.82) is 0 Å². The second kappa shape index (κ2) is 25.0. The molecule has 2 aliphatic carbocycles. The molecule has 1 amide bonds. The summed E-state index contributed by atoms with van der Waals surface area (Å²) in [5, 5.41) is 45.6. The number of rotatable bonds is 27. The van der Waals surface area contributed by atoms with Crippen LogP contribution >= 0.6 is 11.8 Å². The van der Waals surface area contributed by atoms with Gasteiger partial charge in [0.2, 0.25) is 11.7 Å². The first kappa shape index (κ1) is 49.4. The summed E-state index contributed by atoms with van der Waals surface area (Å²) >= 11 is 1.72. The fourth-order valence-electron chi connectivity index (χ4n) is 9.44. The number of nitro groups is 1. The van der Waals surface area contributed by atoms with Crippen molar-refractivity contribution >= 4 is 35.1 Å². The van der Waals surface area contributed by atoms with Crippen LogP contribution in [0, 0.1) is 27.9 Å². The number of benzene rings is 3. The number of carbonyl (C=O) groups excluding carboxylic acids is 1. The summed E-state index contributed by atoms with van der Waals surface area (Å²) in [5.74, 6) is -0.495. The lowest BCUT2D eigenvalue weighted by atomic mass is 9.55. The van der Waals surface area contributed by atoms with E-state index >= 15 is 0 Å². The monoisotopic (exact) mass is 913 g/mol. The topological polar surface area (TPSA) is 183 Å². The van der Waals surface area contributed by atoms with E-state index < -0.39 is 22.7 Å². The number of non-ortho nitro benzene ring substituents is 1. The Bertz CT molecular complexity index is 2100. The first-order valence-corrected chi connectivity index (χ1v) is 23.7. The second-order valence-electron chi connectivity index (χ2n) is 16.2. The average Bonchev–Trinajstić information content (AvgIpc) is 3.32. The molecular formula is C50H63N3O11S. The quantitative estimate of drug-likeness (QED) is 0.0168. The van der Waals surface area contributed by atoms with E-state index in [1.165, 1.54) is 18.2 Å². The zero-order valence-electron chi connectivity index (χ0n) is 37.2. The maximum Gasteiger partial charge on any atom is 0.269 e. The Balaban J connectivity index is 1.50. The van der Waals surface area contributed by atoms with Gasteiger partial charge in [-0.1, -0.05) is 48.3 Å². The Morgan fingerprint density at radius 2 is 1.77 bits per heavy atom. The molecule has 0 bridgehead atoms. The molecule has 15 heteroatoms. The molecule has 1 saturated carbocycles. The molecule has 65 heavy (non-hydrogen) atoms. The Morgan fingerprint density at radius 3 is 2.48 bits per heavy atom. The van der Waals surface area contributed by atoms with Gasteiger partial charge >= 0.3 is 0 Å². The van der Waals surface area contributed by atoms with Crippen molar-refractivity contribution in [1.82, 2.24) is 4.90 Å². The first-order valence-electron chi connectivity index (χ1n) is 22.7. The predicted molar refractivity (Wildman–Crippen MR) is 251 cm³/mol. The van der Waals surface area contributed by atoms with Crippen molar-refractivity contribution in [2.75, 3.05) is 65.2 Å². The molecule has 3 aliphatic rings. The standard InChI is InChI=1S/C50H63N3O11S/c1-3-28-62-50-46(52(24-29-60-30-27-56)47(57)23-18-36-16-19-38(20-17-36)53(58)59)35-44(51-63-4-2)42-33-37(12-8-10-25-54)41(15-9-11-26-55)48(49(42)50)43-34-39(21-22-45(43)64-50)61-31-32-65-40-13-6-5-7-14-40/h3,5-7,13-14,16-23,33-34,37,41,46,48-49,54-56H,1,4,8-12,15,24-32,35H2,2H3. The molecule has 0 aromatic heterocycles. The molecular weight excluding hydrogens is 851 g/mol. The lowest BCUT2D eigenvalue weighted by Crippen LogP contribution is -2.70. The first-order chi connectivity index (χ1) is 31.8. The van der Waals surface area contributed by atoms with E-state index in [0.29, 0.717) is 48.8 Å². The maximum atomic E-state index is 14.8. The van der Waals surface area contributed by atoms with Crippen LogP contribution in [-0.2, 0) is 19.1 Å². The van der Waals surface area contributed by atoms with Crippen LogP contribution < -0.4 is 9.47 Å². The third kappa shape index (κ3) is 12.5. The normalized spacial score (nSPS) is 22.7. The van der Waals surface area contributed by atoms with Gasteiger partial charge in [-0.3, -0.25) is 14.9 Å². The van der Waals surface area contributed by atoms with Crippen molar-refractivity contribution in [3.05, 3.63) is 124 Å². The highest BCUT2D eigenvalue weighted by Gasteiger charge is 2.65. The van der Waals surface area contributed by atoms with Gasteiger partial charge in [-0.2, -0.15) is 0 Å². The number of hydrogen-bond acceptors (Lipinski definition) is 13. The summed E-state index contributed by atoms with van der Waals surface area (Å²) in [4.78, 5) is 34.4. The van der Waals surface area contributed by atoms with Gasteiger partial charge in [0.25, 0.3) is 5.69 Å². The second-order valence-corrected chi connectivity index (χ2v) is 17.4. The van der Waals surface area contributed by atoms with E-state index in [1.807, 2.05) is 37.3 Å². The zero-order valence-corrected chi connectivity index (χ0v) is 38.0. The van der Waals surface area contributed by atoms with Gasteiger partial charge in [-0.05, 0) is 104 Å². The number of allylic oxidation sites excluding steroid dienone is 1. The fraction of sp³-hybridized carbons (Fsp3) is 0.480. The van der Waals surface area contributed by atoms with Crippen LogP contribution in [0.25, 0.3) is 6.08 Å². The number of carbonyl (C=O) groups is 1. The SMILES string of the molecule is C=CCOC12Oc3ccc(OCCSc4ccccc4)cc3C3C(CCCCO)C(CCCCO)C=C(C(=NOCC)CC1N(CCOCCO)C(=O)C=Cc1ccc([N+](=O)[O-])cc1)C32. The summed E-state index contributed by atoms with van der Waals surface area (Å²) < 4.78 is 26.6. The third-order valence-electron chi connectivity index (χ3n) is 12.2. The van der Waals surface area contributed by atoms with Gasteiger partial charge in [0.1, 0.15) is 24.1 Å². The van der Waals surface area contributed by atoms with Gasteiger partial charge < -0.3 is 44.0 Å². The summed E-state index contributed by atoms with van der Waals surface area (Å²) in [6.45, 7) is 7.00. The number of unbranched alkanes of at least 4 members (excludes halogenated alkanes) is 2. The fourth-order valence-corrected chi connectivity index (χ4v) is 10.2. The van der Waals surface area contributed by atoms with E-state index in [2.05, 4.69) is 30.9 Å². The minimum atomic E-state index is -1.49. The lowest BCUT2D eigenvalue weighted by molar-refractivity contribution is -0.384. The molecule has 350 valence electrons. The smallest absolute Gasteiger partial charge is 0.269 e. The van der Waals surface area contributed by atoms with Crippen LogP contribution in [0.3, 0.4) is 0 Å². The molecule has 3 aromatic rings. The lowest BCUT2D eigenvalue weighted by Gasteiger charge is -2.60. The van der Waals surface area contributed by atoms with Crippen LogP contribution in [0.15, 0.2) is 113 Å². The van der Waals surface area contributed by atoms with E-state index in [9.17, 15) is 30.2 Å². The molecule has 6 unspecified atom stereocenters. The number of fused-ring (bicyclic) bond motifs is 2. The number of aliphatic hydroxyl groups excluding tert-OH is 3. The number of ether oxygens (including phenoxy) is 4. The maximum absolute atomic E-state index is 14.8. The predicted octanol–water partition coefficient (Wildman–Crippen LogP) is 7.97. The van der Waals surface area contributed by atoms with Gasteiger partial charge in [-0.25, -0.2) is 0 Å². The van der Waals surface area contributed by atoms with Crippen LogP contribution in [0.2, 0.25) is 0 Å². The van der Waals surface area contributed by atoms with Gasteiger partial charge in [0.15, 0.2) is 0 Å². The molecule has 1 heterocycles. The Hall–Kier alpha value is -5.03. The minimum absolute atomic E-state index is 0.0263. The Morgan fingerprint density at radius 1 is 1.00 bits per heavy atom. The van der Waals surface area contributed by atoms with Crippen LogP contribution in [-0.4, -0.2) is 114 Å². The Labute approximate surface area is 386 Å². The third-order valence-corrected chi connectivity index (χ3v) is 13.2. The van der Waals surface area contributed by atoms with E-state index in [1.54, 1.807) is 40.9 Å². The number of thioether (sulfide) groups is 1. The summed E-state index contributed by atoms with van der Waals surface area (Å²) in [6.07, 6.45) is 11.7. The zero-order chi connectivity index (χ0) is 46.0. The molecule has 3 N–H and O–H groups in total. The van der Waals surface area contributed by atoms with Gasteiger partial charge in [0, 0.05) is 66.5 Å². The van der Waals surface area contributed by atoms with Crippen molar-refractivity contribution in [3.8, 4) is 11.5 Å². The number of nitro benzene ring substituents is 1. The van der Waals surface area contributed by atoms with E-state index in [4.69, 9.17) is 28.9 Å². The molecule has 1 aliphatic heterocycles. The van der Waals surface area contributed by atoms with Crippen molar-refractivity contribution in [2.24, 2.45) is 22.9 Å². The number of oxime groups is 1. The highest BCUT2D eigenvalue weighted by molar-refractivity contribution is 7.99. The van der Waals surface area contributed by atoms with Crippen molar-refractivity contribution in [3.63, 3.8) is 0 Å². The number of hydrogen-bond donors (Lipinski definition) is 3. The largest absolute Gasteiger partial charge is 0.493 e. The average molecular weight is 914 g/mol. The van der Waals surface area contributed by atoms with Crippen LogP contribution in [0.4, 0.5) is 5.69 Å². The van der Waals surface area contributed by atoms with Crippen LogP contribution in [0.5, 0.6) is 11.5 Å². The summed E-state index contributed by atoms with van der Waals surface area (Å²) in [7, 11) is 0. The number of amides is 1. The van der Waals surface area contributed by atoms with E-state index in [-0.39, 0.29) is 82.0 Å². The summed E-state index contributed by atoms with van der Waals surface area (Å²) in [6, 6.07) is 21.2. The molecule has 1 fully saturated rings. The molecule has 14 nitrogen and oxygen atoms in total. The van der Waals surface area contributed by atoms with Crippen molar-refractivity contribution in [2.45, 2.75) is 74.5 Å². The minimum Gasteiger partial charge on any atom is -0.493 e. The highest BCUT2D eigenvalue weighted by atomic mass is 32.2.